The number of aromatic nitrogens is 1. The first-order valence-electron chi connectivity index (χ1n) is 2.28. The van der Waals surface area contributed by atoms with Gasteiger partial charge in [-0.3, -0.25) is 9.78 Å². The van der Waals surface area contributed by atoms with E-state index in [2.05, 4.69) is 4.98 Å². The van der Waals surface area contributed by atoms with Crippen molar-refractivity contribution in [2.45, 2.75) is 7.43 Å². The van der Waals surface area contributed by atoms with Crippen molar-refractivity contribution in [3.05, 3.63) is 30.1 Å². The highest BCUT2D eigenvalue weighted by Gasteiger charge is 1.80. The smallest absolute Gasteiger partial charge is 0.150 e. The van der Waals surface area contributed by atoms with Crippen molar-refractivity contribution in [1.29, 1.82) is 0 Å². The van der Waals surface area contributed by atoms with Crippen LogP contribution in [-0.2, 0) is 0 Å². The summed E-state index contributed by atoms with van der Waals surface area (Å²) in [6.45, 7) is 0. The normalized spacial score (nSPS) is 7.56. The summed E-state index contributed by atoms with van der Waals surface area (Å²) >= 11 is 0. The van der Waals surface area contributed by atoms with Crippen LogP contribution in [0.2, 0.25) is 0 Å². The Morgan fingerprint density at radius 2 is 1.89 bits per heavy atom. The highest BCUT2D eigenvalue weighted by molar-refractivity contribution is 5.73. The van der Waals surface area contributed by atoms with Crippen LogP contribution in [0.1, 0.15) is 17.8 Å². The van der Waals surface area contributed by atoms with Crippen LogP contribution in [0.15, 0.2) is 24.5 Å². The summed E-state index contributed by atoms with van der Waals surface area (Å²) in [6, 6.07) is 3.32. The molecule has 1 aromatic rings. The summed E-state index contributed by atoms with van der Waals surface area (Å²) in [5.74, 6) is 0. The molecule has 0 atom stereocenters. The van der Waals surface area contributed by atoms with Crippen LogP contribution >= 0.6 is 0 Å². The number of carbonyl (C=O) groups excluding carboxylic acids is 1. The lowest BCUT2D eigenvalue weighted by Gasteiger charge is -1.81. The van der Waals surface area contributed by atoms with E-state index in [1.54, 1.807) is 24.5 Å². The monoisotopic (exact) mass is 123 g/mol. The van der Waals surface area contributed by atoms with Gasteiger partial charge in [-0.05, 0) is 12.1 Å². The molecule has 1 heterocycles. The van der Waals surface area contributed by atoms with Gasteiger partial charge in [-0.15, -0.1) is 0 Å². The second-order valence-corrected chi connectivity index (χ2v) is 1.40. The van der Waals surface area contributed by atoms with Gasteiger partial charge in [0.05, 0.1) is 0 Å². The number of pyridine rings is 1. The van der Waals surface area contributed by atoms with E-state index in [0.29, 0.717) is 5.56 Å². The molecular formula is C7H9NO. The third kappa shape index (κ3) is 2.04. The van der Waals surface area contributed by atoms with E-state index in [1.807, 2.05) is 0 Å². The Balaban J connectivity index is 0.000000640. The average Bonchev–Trinajstić information content (AvgIpc) is 1.90. The van der Waals surface area contributed by atoms with Gasteiger partial charge in [0, 0.05) is 18.0 Å². The highest BCUT2D eigenvalue weighted by Crippen LogP contribution is 1.88. The van der Waals surface area contributed by atoms with Crippen molar-refractivity contribution in [2.24, 2.45) is 0 Å². The molecule has 1 rings (SSSR count). The van der Waals surface area contributed by atoms with E-state index >= 15 is 0 Å². The van der Waals surface area contributed by atoms with Gasteiger partial charge in [0.25, 0.3) is 0 Å². The molecule has 9 heavy (non-hydrogen) atoms. The number of hydrogen-bond donors (Lipinski definition) is 0. The topological polar surface area (TPSA) is 30.0 Å². The van der Waals surface area contributed by atoms with Gasteiger partial charge < -0.3 is 0 Å². The second-order valence-electron chi connectivity index (χ2n) is 1.40. The minimum absolute atomic E-state index is 0. The van der Waals surface area contributed by atoms with E-state index < -0.39 is 0 Å². The molecule has 48 valence electrons. The largest absolute Gasteiger partial charge is 0.298 e. The maximum Gasteiger partial charge on any atom is 0.150 e. The SMILES string of the molecule is C.O=Cc1ccncc1. The highest BCUT2D eigenvalue weighted by atomic mass is 16.1. The molecule has 0 aliphatic carbocycles. The van der Waals surface area contributed by atoms with Gasteiger partial charge in [-0.1, -0.05) is 7.43 Å². The quantitative estimate of drug-likeness (QED) is 0.530. The second kappa shape index (κ2) is 3.78. The molecule has 0 unspecified atom stereocenters. The fourth-order valence-corrected chi connectivity index (χ4v) is 0.442. The first-order valence-corrected chi connectivity index (χ1v) is 2.28. The summed E-state index contributed by atoms with van der Waals surface area (Å²) in [7, 11) is 0. The van der Waals surface area contributed by atoms with E-state index in [9.17, 15) is 4.79 Å². The summed E-state index contributed by atoms with van der Waals surface area (Å²) in [4.78, 5) is 13.7. The van der Waals surface area contributed by atoms with Crippen molar-refractivity contribution >= 4 is 6.29 Å². The lowest BCUT2D eigenvalue weighted by molar-refractivity contribution is 0.112. The zero-order valence-corrected chi connectivity index (χ0v) is 4.24. The zero-order chi connectivity index (χ0) is 5.82. The molecule has 0 aliphatic heterocycles. The molecule has 0 aromatic carbocycles. The van der Waals surface area contributed by atoms with E-state index in [1.165, 1.54) is 0 Å². The molecule has 2 heteroatoms. The zero-order valence-electron chi connectivity index (χ0n) is 4.24. The summed E-state index contributed by atoms with van der Waals surface area (Å²) < 4.78 is 0. The van der Waals surface area contributed by atoms with Gasteiger partial charge in [-0.2, -0.15) is 0 Å². The van der Waals surface area contributed by atoms with Crippen molar-refractivity contribution < 1.29 is 4.79 Å². The number of nitrogens with zero attached hydrogens (tertiary/aromatic N) is 1. The molecular weight excluding hydrogens is 114 g/mol. The minimum atomic E-state index is 0. The molecule has 0 amide bonds. The molecule has 0 saturated heterocycles. The van der Waals surface area contributed by atoms with Crippen LogP contribution < -0.4 is 0 Å². The molecule has 0 bridgehead atoms. The van der Waals surface area contributed by atoms with Gasteiger partial charge in [0.2, 0.25) is 0 Å². The molecule has 2 nitrogen and oxygen atoms in total. The third-order valence-electron chi connectivity index (χ3n) is 0.842. The Labute approximate surface area is 54.5 Å². The van der Waals surface area contributed by atoms with Gasteiger partial charge >= 0.3 is 0 Å². The Morgan fingerprint density at radius 3 is 2.22 bits per heavy atom. The Kier molecular flexibility index (Phi) is 3.28. The van der Waals surface area contributed by atoms with Crippen LogP contribution in [-0.4, -0.2) is 11.3 Å². The van der Waals surface area contributed by atoms with E-state index in [-0.39, 0.29) is 7.43 Å². The number of aldehydes is 1. The summed E-state index contributed by atoms with van der Waals surface area (Å²) in [5.41, 5.74) is 0.667. The van der Waals surface area contributed by atoms with Crippen LogP contribution in [0.4, 0.5) is 0 Å². The lowest BCUT2D eigenvalue weighted by Crippen LogP contribution is -1.76. The van der Waals surface area contributed by atoms with Crippen LogP contribution in [0.3, 0.4) is 0 Å². The van der Waals surface area contributed by atoms with Crippen LogP contribution in [0, 0.1) is 0 Å². The fraction of sp³-hybridized carbons (Fsp3) is 0.143. The summed E-state index contributed by atoms with van der Waals surface area (Å²) in [6.07, 6.45) is 3.97. The number of rotatable bonds is 1. The maximum absolute atomic E-state index is 9.98. The van der Waals surface area contributed by atoms with Gasteiger partial charge in [-0.25, -0.2) is 0 Å². The van der Waals surface area contributed by atoms with E-state index in [0.717, 1.165) is 6.29 Å². The Morgan fingerprint density at radius 1 is 1.33 bits per heavy atom. The third-order valence-corrected chi connectivity index (χ3v) is 0.842. The molecule has 0 fully saturated rings. The first-order chi connectivity index (χ1) is 3.93. The Bertz CT molecular complexity index is 172. The average molecular weight is 123 g/mol. The van der Waals surface area contributed by atoms with Crippen molar-refractivity contribution in [2.75, 3.05) is 0 Å². The van der Waals surface area contributed by atoms with Crippen molar-refractivity contribution in [3.8, 4) is 0 Å². The van der Waals surface area contributed by atoms with Crippen LogP contribution in [0.25, 0.3) is 0 Å². The summed E-state index contributed by atoms with van der Waals surface area (Å²) in [5, 5.41) is 0. The predicted molar refractivity (Wildman–Crippen MR) is 36.4 cm³/mol. The van der Waals surface area contributed by atoms with Crippen molar-refractivity contribution in [1.82, 2.24) is 4.98 Å². The molecule has 0 N–H and O–H groups in total. The first kappa shape index (κ1) is 7.82. The van der Waals surface area contributed by atoms with Crippen molar-refractivity contribution in [3.63, 3.8) is 0 Å². The molecule has 1 aromatic heterocycles. The molecule has 0 saturated carbocycles. The van der Waals surface area contributed by atoms with Gasteiger partial charge in [0.1, 0.15) is 6.29 Å². The molecule has 0 spiro atoms. The number of hydrogen-bond acceptors (Lipinski definition) is 2. The molecule has 0 aliphatic rings. The standard InChI is InChI=1S/C6H5NO.CH4/c8-5-6-1-3-7-4-2-6;/h1-5H;1H4. The fourth-order valence-electron chi connectivity index (χ4n) is 0.442. The van der Waals surface area contributed by atoms with Crippen LogP contribution in [0.5, 0.6) is 0 Å². The van der Waals surface area contributed by atoms with E-state index in [4.69, 9.17) is 0 Å². The maximum atomic E-state index is 9.98. The predicted octanol–water partition coefficient (Wildman–Crippen LogP) is 1.53. The molecule has 0 radical (unpaired) electrons. The van der Waals surface area contributed by atoms with Gasteiger partial charge in [0.15, 0.2) is 0 Å². The minimum Gasteiger partial charge on any atom is -0.298 e. The Hall–Kier alpha value is -1.18. The lowest BCUT2D eigenvalue weighted by atomic mass is 10.3. The number of carbonyl (C=O) groups is 1.